The van der Waals surface area contributed by atoms with Gasteiger partial charge < -0.3 is 21.7 Å². The van der Waals surface area contributed by atoms with Crippen LogP contribution in [0.4, 0.5) is 5.69 Å². The van der Waals surface area contributed by atoms with Crippen LogP contribution in [0.15, 0.2) is 36.5 Å². The van der Waals surface area contributed by atoms with Crippen LogP contribution in [0.3, 0.4) is 0 Å². The van der Waals surface area contributed by atoms with Crippen molar-refractivity contribution < 1.29 is 0 Å². The minimum atomic E-state index is 0.263. The van der Waals surface area contributed by atoms with E-state index in [1.54, 1.807) is 0 Å². The van der Waals surface area contributed by atoms with Crippen LogP contribution in [0.2, 0.25) is 0 Å². The highest BCUT2D eigenvalue weighted by molar-refractivity contribution is 5.49. The molecule has 1 atom stereocenters. The van der Waals surface area contributed by atoms with Gasteiger partial charge in [-0.3, -0.25) is 0 Å². The van der Waals surface area contributed by atoms with Gasteiger partial charge in [0.25, 0.3) is 0 Å². The van der Waals surface area contributed by atoms with E-state index in [-0.39, 0.29) is 6.04 Å². The molecule has 0 aromatic heterocycles. The van der Waals surface area contributed by atoms with Crippen LogP contribution in [0.25, 0.3) is 0 Å². The molecular formula is C18H32N4. The Hall–Kier alpha value is -1.36. The molecule has 1 aromatic carbocycles. The maximum absolute atomic E-state index is 6.02. The fourth-order valence-electron chi connectivity index (χ4n) is 2.11. The van der Waals surface area contributed by atoms with E-state index in [2.05, 4.69) is 60.6 Å². The third-order valence-electron chi connectivity index (χ3n) is 3.79. The van der Waals surface area contributed by atoms with Crippen LogP contribution >= 0.6 is 0 Å². The minimum Gasteiger partial charge on any atom is -0.358 e. The Bertz CT molecular complexity index is 425. The average molecular weight is 304 g/mol. The topological polar surface area (TPSA) is 62.1 Å². The molecule has 0 saturated heterocycles. The van der Waals surface area contributed by atoms with Gasteiger partial charge in [-0.25, -0.2) is 0 Å². The van der Waals surface area contributed by atoms with Gasteiger partial charge in [0.1, 0.15) is 0 Å². The Balaban J connectivity index is 2.24. The highest BCUT2D eigenvalue weighted by Gasteiger charge is 2.06. The van der Waals surface area contributed by atoms with E-state index in [0.717, 1.165) is 43.9 Å². The first kappa shape index (κ1) is 18.7. The summed E-state index contributed by atoms with van der Waals surface area (Å²) in [7, 11) is 1.97. The Kier molecular flexibility index (Phi) is 8.82. The fourth-order valence-corrected chi connectivity index (χ4v) is 2.11. The molecule has 22 heavy (non-hydrogen) atoms. The van der Waals surface area contributed by atoms with E-state index in [4.69, 9.17) is 5.73 Å². The maximum Gasteiger partial charge on any atom is 0.0382 e. The van der Waals surface area contributed by atoms with E-state index >= 15 is 0 Å². The third kappa shape index (κ3) is 7.59. The molecule has 0 fully saturated rings. The van der Waals surface area contributed by atoms with Crippen LogP contribution in [-0.2, 0) is 6.42 Å². The number of likely N-dealkylation sites (N-methyl/N-ethyl adjacent to an activating group) is 1. The standard InChI is InChI=1S/C18H32N4/c1-14(2)18(19)10-12-21-13-15(3)22-17-7-5-16(6-8-17)9-11-20-4/h5-8,14,18,20-22H,3,9-13,19H2,1-2,4H3. The maximum atomic E-state index is 6.02. The van der Waals surface area contributed by atoms with Gasteiger partial charge in [0.2, 0.25) is 0 Å². The molecule has 4 nitrogen and oxygen atoms in total. The number of anilines is 1. The highest BCUT2D eigenvalue weighted by atomic mass is 15.0. The molecule has 1 aromatic rings. The van der Waals surface area contributed by atoms with Crippen LogP contribution in [0.5, 0.6) is 0 Å². The predicted octanol–water partition coefficient (Wildman–Crippen LogP) is 2.34. The van der Waals surface area contributed by atoms with E-state index in [0.29, 0.717) is 5.92 Å². The molecule has 4 heteroatoms. The van der Waals surface area contributed by atoms with Crippen molar-refractivity contribution in [1.29, 1.82) is 0 Å². The summed E-state index contributed by atoms with van der Waals surface area (Å²) in [6, 6.07) is 8.78. The molecule has 0 aliphatic heterocycles. The Morgan fingerprint density at radius 1 is 1.18 bits per heavy atom. The van der Waals surface area contributed by atoms with Gasteiger partial charge in [0.05, 0.1) is 0 Å². The van der Waals surface area contributed by atoms with Crippen LogP contribution in [0.1, 0.15) is 25.8 Å². The molecule has 0 saturated carbocycles. The lowest BCUT2D eigenvalue weighted by atomic mass is 10.0. The Morgan fingerprint density at radius 3 is 2.45 bits per heavy atom. The van der Waals surface area contributed by atoms with Gasteiger partial charge in [0.15, 0.2) is 0 Å². The second kappa shape index (κ2) is 10.4. The number of nitrogens with two attached hydrogens (primary N) is 1. The van der Waals surface area contributed by atoms with E-state index in [1.165, 1.54) is 5.56 Å². The van der Waals surface area contributed by atoms with E-state index < -0.39 is 0 Å². The molecule has 0 spiro atoms. The third-order valence-corrected chi connectivity index (χ3v) is 3.79. The van der Waals surface area contributed by atoms with Gasteiger partial charge in [-0.15, -0.1) is 0 Å². The van der Waals surface area contributed by atoms with Gasteiger partial charge in [-0.05, 0) is 56.6 Å². The lowest BCUT2D eigenvalue weighted by Crippen LogP contribution is -2.31. The van der Waals surface area contributed by atoms with Gasteiger partial charge in [0, 0.05) is 24.0 Å². The van der Waals surface area contributed by atoms with E-state index in [9.17, 15) is 0 Å². The van der Waals surface area contributed by atoms with Gasteiger partial charge >= 0.3 is 0 Å². The number of benzene rings is 1. The summed E-state index contributed by atoms with van der Waals surface area (Å²) in [5, 5.41) is 9.87. The first-order valence-corrected chi connectivity index (χ1v) is 8.17. The van der Waals surface area contributed by atoms with Crippen molar-refractivity contribution in [3.05, 3.63) is 42.1 Å². The molecular weight excluding hydrogens is 272 g/mol. The second-order valence-electron chi connectivity index (χ2n) is 6.15. The zero-order valence-corrected chi connectivity index (χ0v) is 14.3. The summed E-state index contributed by atoms with van der Waals surface area (Å²) in [6.07, 6.45) is 2.04. The molecule has 0 amide bonds. The highest BCUT2D eigenvalue weighted by Crippen LogP contribution is 2.11. The summed E-state index contributed by atoms with van der Waals surface area (Å²) >= 11 is 0. The van der Waals surface area contributed by atoms with Crippen molar-refractivity contribution >= 4 is 5.69 Å². The van der Waals surface area contributed by atoms with Crippen LogP contribution in [0, 0.1) is 5.92 Å². The zero-order chi connectivity index (χ0) is 16.4. The number of rotatable bonds is 11. The average Bonchev–Trinajstić information content (AvgIpc) is 2.50. The molecule has 5 N–H and O–H groups in total. The largest absolute Gasteiger partial charge is 0.358 e. The molecule has 124 valence electrons. The summed E-state index contributed by atoms with van der Waals surface area (Å²) < 4.78 is 0. The molecule has 0 heterocycles. The molecule has 0 bridgehead atoms. The summed E-state index contributed by atoms with van der Waals surface area (Å²) in [5.41, 5.74) is 9.42. The Labute approximate surface area is 135 Å². The summed E-state index contributed by atoms with van der Waals surface area (Å²) in [4.78, 5) is 0. The monoisotopic (exact) mass is 304 g/mol. The molecule has 1 unspecified atom stereocenters. The second-order valence-corrected chi connectivity index (χ2v) is 6.15. The number of nitrogens with one attached hydrogen (secondary N) is 3. The molecule has 0 aliphatic carbocycles. The quantitative estimate of drug-likeness (QED) is 0.474. The summed E-state index contributed by atoms with van der Waals surface area (Å²) in [6.45, 7) is 11.1. The fraction of sp³-hybridized carbons (Fsp3) is 0.556. The van der Waals surface area contributed by atoms with E-state index in [1.807, 2.05) is 7.05 Å². The van der Waals surface area contributed by atoms with Crippen molar-refractivity contribution in [3.8, 4) is 0 Å². The van der Waals surface area contributed by atoms with Crippen LogP contribution in [-0.4, -0.2) is 32.7 Å². The van der Waals surface area contributed by atoms with Crippen molar-refractivity contribution in [1.82, 2.24) is 10.6 Å². The minimum absolute atomic E-state index is 0.263. The van der Waals surface area contributed by atoms with Crippen molar-refractivity contribution in [2.45, 2.75) is 32.7 Å². The molecule has 0 radical (unpaired) electrons. The first-order valence-electron chi connectivity index (χ1n) is 8.17. The number of hydrogen-bond donors (Lipinski definition) is 4. The lowest BCUT2D eigenvalue weighted by molar-refractivity contribution is 0.453. The Morgan fingerprint density at radius 2 is 1.86 bits per heavy atom. The van der Waals surface area contributed by atoms with Gasteiger partial charge in [-0.2, -0.15) is 0 Å². The molecule has 1 rings (SSSR count). The SMILES string of the molecule is C=C(CNCCC(N)C(C)C)Nc1ccc(CCNC)cc1. The summed E-state index contributed by atoms with van der Waals surface area (Å²) in [5.74, 6) is 0.532. The molecule has 0 aliphatic rings. The predicted molar refractivity (Wildman–Crippen MR) is 97.1 cm³/mol. The lowest BCUT2D eigenvalue weighted by Gasteiger charge is -2.16. The normalized spacial score (nSPS) is 12.4. The van der Waals surface area contributed by atoms with Crippen LogP contribution < -0.4 is 21.7 Å². The zero-order valence-electron chi connectivity index (χ0n) is 14.3. The number of hydrogen-bond acceptors (Lipinski definition) is 4. The smallest absolute Gasteiger partial charge is 0.0382 e. The van der Waals surface area contributed by atoms with Crippen molar-refractivity contribution in [3.63, 3.8) is 0 Å². The van der Waals surface area contributed by atoms with Crippen molar-refractivity contribution in [2.24, 2.45) is 11.7 Å². The van der Waals surface area contributed by atoms with Gasteiger partial charge in [-0.1, -0.05) is 32.6 Å². The first-order chi connectivity index (χ1) is 10.5. The van der Waals surface area contributed by atoms with Crippen molar-refractivity contribution in [2.75, 3.05) is 32.0 Å².